The van der Waals surface area contributed by atoms with Crippen LogP contribution in [0.2, 0.25) is 0 Å². The minimum atomic E-state index is -4.26. The molecule has 2 aliphatic rings. The number of amides is 2. The van der Waals surface area contributed by atoms with Crippen LogP contribution < -0.4 is 5.32 Å². The van der Waals surface area contributed by atoms with Crippen molar-refractivity contribution < 1.29 is 26.4 Å². The maximum absolute atomic E-state index is 13.2. The molecule has 2 amide bonds. The Kier molecular flexibility index (Phi) is 6.99. The van der Waals surface area contributed by atoms with Gasteiger partial charge in [-0.05, 0) is 45.4 Å². The number of halogens is 3. The van der Waals surface area contributed by atoms with Crippen molar-refractivity contribution >= 4 is 15.9 Å². The molecule has 0 radical (unpaired) electrons. The normalized spacial score (nSPS) is 26.0. The fourth-order valence-corrected chi connectivity index (χ4v) is 4.13. The monoisotopic (exact) mass is 408 g/mol. The van der Waals surface area contributed by atoms with E-state index in [1.807, 2.05) is 6.08 Å². The maximum Gasteiger partial charge on any atom is 0.391 e. The predicted molar refractivity (Wildman–Crippen MR) is 97.8 cm³/mol. The summed E-state index contributed by atoms with van der Waals surface area (Å²) in [5.74, 6) is -1.41. The van der Waals surface area contributed by atoms with Crippen LogP contribution in [0.25, 0.3) is 0 Å². The largest absolute Gasteiger partial charge is 0.391 e. The molecule has 0 bridgehead atoms. The second-order valence-corrected chi connectivity index (χ2v) is 9.32. The van der Waals surface area contributed by atoms with Crippen LogP contribution in [-0.2, 0) is 9.84 Å². The molecule has 0 unspecified atom stereocenters. The van der Waals surface area contributed by atoms with E-state index in [0.29, 0.717) is 6.42 Å². The van der Waals surface area contributed by atoms with Gasteiger partial charge in [-0.3, -0.25) is 0 Å². The molecule has 0 spiro atoms. The van der Waals surface area contributed by atoms with E-state index in [9.17, 15) is 26.4 Å². The molecule has 1 fully saturated rings. The van der Waals surface area contributed by atoms with Crippen LogP contribution in [-0.4, -0.2) is 50.4 Å². The second-order valence-electron chi connectivity index (χ2n) is 7.39. The Labute approximate surface area is 158 Å². The first-order chi connectivity index (χ1) is 12.5. The maximum atomic E-state index is 13.2. The lowest BCUT2D eigenvalue weighted by molar-refractivity contribution is -0.186. The highest BCUT2D eigenvalue weighted by molar-refractivity contribution is 7.93. The average molecular weight is 408 g/mol. The van der Waals surface area contributed by atoms with E-state index < -0.39 is 40.0 Å². The number of carbonyl (C=O) groups is 1. The third-order valence-corrected chi connectivity index (χ3v) is 5.70. The van der Waals surface area contributed by atoms with Gasteiger partial charge < -0.3 is 10.2 Å². The van der Waals surface area contributed by atoms with Crippen LogP contribution in [0, 0.1) is 5.92 Å². The highest BCUT2D eigenvalue weighted by Crippen LogP contribution is 2.40. The molecule has 27 heavy (non-hydrogen) atoms. The molecular weight excluding hydrogens is 381 g/mol. The second kappa shape index (κ2) is 8.67. The summed E-state index contributed by atoms with van der Waals surface area (Å²) >= 11 is 0. The zero-order chi connectivity index (χ0) is 20.2. The molecule has 0 aromatic carbocycles. The summed E-state index contributed by atoms with van der Waals surface area (Å²) < 4.78 is 62.1. The minimum Gasteiger partial charge on any atom is -0.332 e. The number of carbonyl (C=O) groups excluding carboxylic acids is 1. The molecule has 0 aromatic heterocycles. The average Bonchev–Trinajstić information content (AvgIpc) is 2.59. The van der Waals surface area contributed by atoms with Crippen molar-refractivity contribution in [1.82, 2.24) is 10.2 Å². The van der Waals surface area contributed by atoms with Crippen molar-refractivity contribution in [3.05, 3.63) is 23.1 Å². The van der Waals surface area contributed by atoms with E-state index in [1.54, 1.807) is 6.92 Å². The summed E-state index contributed by atoms with van der Waals surface area (Å²) in [6, 6.07) is -1.57. The van der Waals surface area contributed by atoms with Gasteiger partial charge in [-0.25, -0.2) is 13.2 Å². The molecule has 0 saturated carbocycles. The molecule has 0 aromatic rings. The Morgan fingerprint density at radius 1 is 1.37 bits per heavy atom. The summed E-state index contributed by atoms with van der Waals surface area (Å²) in [6.07, 6.45) is 3.34. The number of hydrogen-bond acceptors (Lipinski definition) is 3. The van der Waals surface area contributed by atoms with Crippen molar-refractivity contribution in [3.63, 3.8) is 0 Å². The molecule has 1 saturated heterocycles. The van der Waals surface area contributed by atoms with Gasteiger partial charge in [0.1, 0.15) is 0 Å². The van der Waals surface area contributed by atoms with E-state index in [1.165, 1.54) is 11.0 Å². The quantitative estimate of drug-likeness (QED) is 0.720. The van der Waals surface area contributed by atoms with E-state index in [2.05, 4.69) is 5.32 Å². The Morgan fingerprint density at radius 2 is 2.07 bits per heavy atom. The highest BCUT2D eigenvalue weighted by atomic mass is 32.2. The van der Waals surface area contributed by atoms with Gasteiger partial charge >= 0.3 is 12.2 Å². The van der Waals surface area contributed by atoms with Gasteiger partial charge in [0.05, 0.1) is 12.0 Å². The van der Waals surface area contributed by atoms with Crippen LogP contribution in [0.5, 0.6) is 0 Å². The van der Waals surface area contributed by atoms with Gasteiger partial charge in [0.2, 0.25) is 0 Å². The molecule has 3 atom stereocenters. The van der Waals surface area contributed by atoms with E-state index in [-0.39, 0.29) is 19.4 Å². The van der Waals surface area contributed by atoms with Crippen molar-refractivity contribution in [2.45, 2.75) is 63.7 Å². The SMILES string of the molecule is C[C@@H](/C=C/S(C)(=O)=O)NC(=O)N1CC[C@@H](C(F)(F)F)C[C@H]1C1=CCCCC1. The molecule has 154 valence electrons. The van der Waals surface area contributed by atoms with Crippen LogP contribution in [0.4, 0.5) is 18.0 Å². The number of likely N-dealkylation sites (tertiary alicyclic amines) is 1. The Balaban J connectivity index is 2.13. The summed E-state index contributed by atoms with van der Waals surface area (Å²) in [4.78, 5) is 14.1. The number of rotatable bonds is 4. The van der Waals surface area contributed by atoms with Gasteiger partial charge in [0, 0.05) is 24.3 Å². The number of alkyl halides is 3. The molecule has 9 heteroatoms. The third kappa shape index (κ3) is 6.55. The lowest BCUT2D eigenvalue weighted by Crippen LogP contribution is -2.54. The Bertz CT molecular complexity index is 701. The fraction of sp³-hybridized carbons (Fsp3) is 0.722. The molecule has 1 N–H and O–H groups in total. The molecular formula is C18H27F3N2O3S. The number of hydrogen-bond donors (Lipinski definition) is 1. The smallest absolute Gasteiger partial charge is 0.332 e. The third-order valence-electron chi connectivity index (χ3n) is 5.05. The Morgan fingerprint density at radius 3 is 2.63 bits per heavy atom. The van der Waals surface area contributed by atoms with Crippen molar-refractivity contribution in [2.24, 2.45) is 5.92 Å². The summed E-state index contributed by atoms with van der Waals surface area (Å²) in [6.45, 7) is 1.65. The van der Waals surface area contributed by atoms with E-state index in [4.69, 9.17) is 0 Å². The van der Waals surface area contributed by atoms with Crippen LogP contribution in [0.15, 0.2) is 23.1 Å². The zero-order valence-corrected chi connectivity index (χ0v) is 16.4. The van der Waals surface area contributed by atoms with Crippen LogP contribution in [0.1, 0.15) is 45.4 Å². The van der Waals surface area contributed by atoms with E-state index >= 15 is 0 Å². The number of nitrogens with zero attached hydrogens (tertiary/aromatic N) is 1. The van der Waals surface area contributed by atoms with Crippen molar-refractivity contribution in [3.8, 4) is 0 Å². The number of nitrogens with one attached hydrogen (secondary N) is 1. The lowest BCUT2D eigenvalue weighted by atomic mass is 9.83. The van der Waals surface area contributed by atoms with Gasteiger partial charge in [-0.2, -0.15) is 13.2 Å². The first kappa shape index (κ1) is 21.8. The zero-order valence-electron chi connectivity index (χ0n) is 15.6. The fourth-order valence-electron chi connectivity index (χ4n) is 3.61. The first-order valence-electron chi connectivity index (χ1n) is 9.18. The predicted octanol–water partition coefficient (Wildman–Crippen LogP) is 3.79. The van der Waals surface area contributed by atoms with Crippen LogP contribution >= 0.6 is 0 Å². The van der Waals surface area contributed by atoms with Gasteiger partial charge in [0.15, 0.2) is 9.84 Å². The Hall–Kier alpha value is -1.51. The molecule has 1 heterocycles. The number of urea groups is 1. The summed E-state index contributed by atoms with van der Waals surface area (Å²) in [7, 11) is -3.31. The van der Waals surface area contributed by atoms with Crippen molar-refractivity contribution in [2.75, 3.05) is 12.8 Å². The number of piperidine rings is 1. The number of sulfone groups is 1. The van der Waals surface area contributed by atoms with Gasteiger partial charge in [-0.15, -0.1) is 0 Å². The standard InChI is InChI=1S/C18H27F3N2O3S/c1-13(9-11-27(2,25)26)22-17(24)23-10-8-15(18(19,20)21)12-16(23)14-6-4-3-5-7-14/h6,9,11,13,15-16H,3-5,7-8,10,12H2,1-2H3,(H,22,24)/b11-9+/t13-,15+,16-/m0/s1. The summed E-state index contributed by atoms with van der Waals surface area (Å²) in [5, 5.41) is 3.68. The topological polar surface area (TPSA) is 66.5 Å². The van der Waals surface area contributed by atoms with Crippen LogP contribution in [0.3, 0.4) is 0 Å². The molecule has 1 aliphatic carbocycles. The number of allylic oxidation sites excluding steroid dienone is 1. The minimum absolute atomic E-state index is 0.0283. The molecule has 2 rings (SSSR count). The molecule has 5 nitrogen and oxygen atoms in total. The lowest BCUT2D eigenvalue weighted by Gasteiger charge is -2.42. The first-order valence-corrected chi connectivity index (χ1v) is 11.1. The highest BCUT2D eigenvalue weighted by Gasteiger charge is 2.46. The van der Waals surface area contributed by atoms with E-state index in [0.717, 1.165) is 36.5 Å². The summed E-state index contributed by atoms with van der Waals surface area (Å²) in [5.41, 5.74) is 0.907. The molecule has 1 aliphatic heterocycles. The van der Waals surface area contributed by atoms with Crippen molar-refractivity contribution in [1.29, 1.82) is 0 Å². The van der Waals surface area contributed by atoms with Gasteiger partial charge in [-0.1, -0.05) is 17.7 Å². The van der Waals surface area contributed by atoms with Gasteiger partial charge in [0.25, 0.3) is 0 Å².